The van der Waals surface area contributed by atoms with Crippen molar-refractivity contribution in [3.8, 4) is 0 Å². The molecule has 4 nitrogen and oxygen atoms in total. The second-order valence-electron chi connectivity index (χ2n) is 4.38. The number of hydrogen-bond donors (Lipinski definition) is 1. The van der Waals surface area contributed by atoms with Gasteiger partial charge in [-0.3, -0.25) is 9.88 Å². The number of nitrogens with two attached hydrogens (primary N) is 1. The summed E-state index contributed by atoms with van der Waals surface area (Å²) in [5.41, 5.74) is 11.3. The highest BCUT2D eigenvalue weighted by Crippen LogP contribution is 2.22. The van der Waals surface area contributed by atoms with E-state index in [9.17, 15) is 0 Å². The molecule has 0 bridgehead atoms. The molecule has 0 aromatic carbocycles. The molecule has 5 heteroatoms. The lowest BCUT2D eigenvalue weighted by atomic mass is 10.0. The summed E-state index contributed by atoms with van der Waals surface area (Å²) in [7, 11) is 2.07. The van der Waals surface area contributed by atoms with E-state index in [2.05, 4.69) is 34.2 Å². The maximum atomic E-state index is 5.92. The summed E-state index contributed by atoms with van der Waals surface area (Å²) in [4.78, 5) is 10.7. The second kappa shape index (κ2) is 6.04. The zero-order valence-corrected chi connectivity index (χ0v) is 11.5. The van der Waals surface area contributed by atoms with Gasteiger partial charge in [-0.15, -0.1) is 11.3 Å². The van der Waals surface area contributed by atoms with Gasteiger partial charge in [-0.25, -0.2) is 4.98 Å². The van der Waals surface area contributed by atoms with Gasteiger partial charge in [0, 0.05) is 36.9 Å². The minimum Gasteiger partial charge on any atom is -0.329 e. The van der Waals surface area contributed by atoms with E-state index < -0.39 is 0 Å². The number of pyridine rings is 1. The van der Waals surface area contributed by atoms with Crippen molar-refractivity contribution in [2.75, 3.05) is 13.6 Å². The highest BCUT2D eigenvalue weighted by molar-refractivity contribution is 7.07. The van der Waals surface area contributed by atoms with Crippen molar-refractivity contribution in [1.82, 2.24) is 14.9 Å². The molecule has 0 saturated heterocycles. The SMILES string of the molecule is Cc1ccncc1C(CN)N(C)Cc1cscn1. The van der Waals surface area contributed by atoms with Gasteiger partial charge in [-0.05, 0) is 31.2 Å². The molecule has 0 fully saturated rings. The first-order valence-corrected chi connectivity index (χ1v) is 6.84. The minimum absolute atomic E-state index is 0.181. The molecule has 0 aliphatic heterocycles. The molecule has 1 unspecified atom stereocenters. The van der Waals surface area contributed by atoms with E-state index in [1.54, 1.807) is 11.3 Å². The van der Waals surface area contributed by atoms with E-state index >= 15 is 0 Å². The Bertz CT molecular complexity index is 483. The molecule has 0 radical (unpaired) electrons. The summed E-state index contributed by atoms with van der Waals surface area (Å²) in [5, 5.41) is 2.07. The van der Waals surface area contributed by atoms with E-state index in [4.69, 9.17) is 5.73 Å². The van der Waals surface area contributed by atoms with Crippen LogP contribution in [0, 0.1) is 6.92 Å². The van der Waals surface area contributed by atoms with Crippen molar-refractivity contribution in [3.63, 3.8) is 0 Å². The van der Waals surface area contributed by atoms with Crippen LogP contribution in [0.2, 0.25) is 0 Å². The second-order valence-corrected chi connectivity index (χ2v) is 5.10. The Balaban J connectivity index is 2.16. The smallest absolute Gasteiger partial charge is 0.0795 e. The average molecular weight is 262 g/mol. The fourth-order valence-electron chi connectivity index (χ4n) is 2.05. The van der Waals surface area contributed by atoms with Gasteiger partial charge in [0.15, 0.2) is 0 Å². The van der Waals surface area contributed by atoms with E-state index in [0.717, 1.165) is 12.2 Å². The Morgan fingerprint density at radius 1 is 1.50 bits per heavy atom. The molecule has 18 heavy (non-hydrogen) atoms. The standard InChI is InChI=1S/C13H18N4S/c1-10-3-4-15-6-12(10)13(5-14)17(2)7-11-8-18-9-16-11/h3-4,6,8-9,13H,5,7,14H2,1-2H3. The van der Waals surface area contributed by atoms with Crippen molar-refractivity contribution in [3.05, 3.63) is 46.2 Å². The normalized spacial score (nSPS) is 12.9. The van der Waals surface area contributed by atoms with Crippen LogP contribution in [-0.2, 0) is 6.54 Å². The van der Waals surface area contributed by atoms with E-state index in [1.807, 2.05) is 24.0 Å². The van der Waals surface area contributed by atoms with Gasteiger partial charge in [-0.2, -0.15) is 0 Å². The van der Waals surface area contributed by atoms with Crippen molar-refractivity contribution in [2.45, 2.75) is 19.5 Å². The van der Waals surface area contributed by atoms with Crippen LogP contribution >= 0.6 is 11.3 Å². The highest BCUT2D eigenvalue weighted by atomic mass is 32.1. The lowest BCUT2D eigenvalue weighted by Crippen LogP contribution is -2.30. The first-order chi connectivity index (χ1) is 8.72. The highest BCUT2D eigenvalue weighted by Gasteiger charge is 2.18. The molecule has 2 aromatic heterocycles. The lowest BCUT2D eigenvalue weighted by Gasteiger charge is -2.27. The zero-order chi connectivity index (χ0) is 13.0. The third kappa shape index (κ3) is 2.93. The number of likely N-dealkylation sites (N-methyl/N-ethyl adjacent to an activating group) is 1. The van der Waals surface area contributed by atoms with Crippen LogP contribution in [0.25, 0.3) is 0 Å². The molecule has 0 amide bonds. The Kier molecular flexibility index (Phi) is 4.41. The lowest BCUT2D eigenvalue weighted by molar-refractivity contribution is 0.238. The van der Waals surface area contributed by atoms with Gasteiger partial charge in [0.25, 0.3) is 0 Å². The maximum absolute atomic E-state index is 5.92. The summed E-state index contributed by atoms with van der Waals surface area (Å²) < 4.78 is 0. The first kappa shape index (κ1) is 13.1. The topological polar surface area (TPSA) is 55.0 Å². The fraction of sp³-hybridized carbons (Fsp3) is 0.385. The molecular formula is C13H18N4S. The van der Waals surface area contributed by atoms with Crippen LogP contribution in [0.4, 0.5) is 0 Å². The minimum atomic E-state index is 0.181. The molecule has 2 N–H and O–H groups in total. The number of nitrogens with zero attached hydrogens (tertiary/aromatic N) is 3. The fourth-order valence-corrected chi connectivity index (χ4v) is 2.60. The number of rotatable bonds is 5. The van der Waals surface area contributed by atoms with Crippen LogP contribution in [0.3, 0.4) is 0 Å². The van der Waals surface area contributed by atoms with Crippen molar-refractivity contribution in [1.29, 1.82) is 0 Å². The summed E-state index contributed by atoms with van der Waals surface area (Å²) in [6, 6.07) is 2.20. The quantitative estimate of drug-likeness (QED) is 0.895. The van der Waals surface area contributed by atoms with Crippen LogP contribution in [0.5, 0.6) is 0 Å². The monoisotopic (exact) mass is 262 g/mol. The maximum Gasteiger partial charge on any atom is 0.0795 e. The largest absolute Gasteiger partial charge is 0.329 e. The number of hydrogen-bond acceptors (Lipinski definition) is 5. The van der Waals surface area contributed by atoms with Crippen molar-refractivity contribution < 1.29 is 0 Å². The van der Waals surface area contributed by atoms with E-state index in [1.165, 1.54) is 11.1 Å². The van der Waals surface area contributed by atoms with E-state index in [-0.39, 0.29) is 6.04 Å². The summed E-state index contributed by atoms with van der Waals surface area (Å²) in [5.74, 6) is 0. The molecule has 2 aromatic rings. The zero-order valence-electron chi connectivity index (χ0n) is 10.7. The van der Waals surface area contributed by atoms with Crippen LogP contribution in [0.1, 0.15) is 22.9 Å². The molecule has 0 spiro atoms. The Hall–Kier alpha value is -1.30. The molecule has 0 saturated carbocycles. The van der Waals surface area contributed by atoms with Gasteiger partial charge >= 0.3 is 0 Å². The average Bonchev–Trinajstić information content (AvgIpc) is 2.85. The van der Waals surface area contributed by atoms with Gasteiger partial charge in [0.05, 0.1) is 11.2 Å². The molecule has 2 rings (SSSR count). The Morgan fingerprint density at radius 3 is 2.94 bits per heavy atom. The summed E-state index contributed by atoms with van der Waals surface area (Å²) >= 11 is 1.62. The Labute approximate surface area is 111 Å². The third-order valence-electron chi connectivity index (χ3n) is 3.09. The molecule has 2 heterocycles. The third-order valence-corrected chi connectivity index (χ3v) is 3.72. The first-order valence-electron chi connectivity index (χ1n) is 5.90. The number of aromatic nitrogens is 2. The molecule has 96 valence electrons. The van der Waals surface area contributed by atoms with Gasteiger partial charge in [0.2, 0.25) is 0 Å². The summed E-state index contributed by atoms with van der Waals surface area (Å²) in [6.07, 6.45) is 3.72. The molecule has 0 aliphatic rings. The van der Waals surface area contributed by atoms with Gasteiger partial charge < -0.3 is 5.73 Å². The Morgan fingerprint density at radius 2 is 2.33 bits per heavy atom. The van der Waals surface area contributed by atoms with Crippen LogP contribution < -0.4 is 5.73 Å². The predicted octanol–water partition coefficient (Wildman–Crippen LogP) is 1.98. The van der Waals surface area contributed by atoms with Crippen molar-refractivity contribution in [2.24, 2.45) is 5.73 Å². The van der Waals surface area contributed by atoms with E-state index in [0.29, 0.717) is 6.54 Å². The van der Waals surface area contributed by atoms with Crippen molar-refractivity contribution >= 4 is 11.3 Å². The number of thiazole rings is 1. The predicted molar refractivity (Wildman–Crippen MR) is 74.4 cm³/mol. The molecular weight excluding hydrogens is 244 g/mol. The molecule has 0 aliphatic carbocycles. The van der Waals surface area contributed by atoms with Crippen LogP contribution in [0.15, 0.2) is 29.4 Å². The van der Waals surface area contributed by atoms with Gasteiger partial charge in [0.1, 0.15) is 0 Å². The van der Waals surface area contributed by atoms with Crippen LogP contribution in [-0.4, -0.2) is 28.5 Å². The molecule has 1 atom stereocenters. The summed E-state index contributed by atoms with van der Waals surface area (Å²) in [6.45, 7) is 3.48. The number of aryl methyl sites for hydroxylation is 1. The van der Waals surface area contributed by atoms with Gasteiger partial charge in [-0.1, -0.05) is 0 Å².